The Bertz CT molecular complexity index is 739. The maximum Gasteiger partial charge on any atom is 0.226 e. The number of aromatic nitrogens is 6. The van der Waals surface area contributed by atoms with Gasteiger partial charge in [-0.3, -0.25) is 0 Å². The lowest BCUT2D eigenvalue weighted by Gasteiger charge is -2.03. The molecule has 0 unspecified atom stereocenters. The van der Waals surface area contributed by atoms with E-state index < -0.39 is 0 Å². The number of benzene rings is 1. The van der Waals surface area contributed by atoms with Gasteiger partial charge in [0.15, 0.2) is 5.82 Å². The van der Waals surface area contributed by atoms with Crippen LogP contribution >= 0.6 is 11.8 Å². The van der Waals surface area contributed by atoms with Crippen LogP contribution in [0.5, 0.6) is 0 Å². The molecule has 0 N–H and O–H groups in total. The average molecular weight is 330 g/mol. The van der Waals surface area contributed by atoms with Crippen LogP contribution in [-0.2, 0) is 18.7 Å². The quantitative estimate of drug-likeness (QED) is 0.616. The molecule has 0 aliphatic carbocycles. The van der Waals surface area contributed by atoms with Crippen LogP contribution < -0.4 is 0 Å². The molecule has 120 valence electrons. The SMILES string of the molecule is CC(C)Cc1nc(CSc2nnnn2Cc2ccccc2)no1. The average Bonchev–Trinajstić information content (AvgIpc) is 3.15. The van der Waals surface area contributed by atoms with Crippen molar-refractivity contribution in [2.24, 2.45) is 5.92 Å². The largest absolute Gasteiger partial charge is 0.339 e. The molecule has 0 spiro atoms. The summed E-state index contributed by atoms with van der Waals surface area (Å²) < 4.78 is 7.01. The number of tetrazole rings is 1. The Hall–Kier alpha value is -2.22. The van der Waals surface area contributed by atoms with Gasteiger partial charge in [-0.05, 0) is 21.9 Å². The molecule has 0 saturated heterocycles. The van der Waals surface area contributed by atoms with E-state index in [1.807, 2.05) is 30.3 Å². The molecule has 1 aromatic carbocycles. The van der Waals surface area contributed by atoms with Gasteiger partial charge >= 0.3 is 0 Å². The maximum absolute atomic E-state index is 5.24. The van der Waals surface area contributed by atoms with Gasteiger partial charge in [0.1, 0.15) is 0 Å². The minimum atomic E-state index is 0.495. The molecule has 0 amide bonds. The second kappa shape index (κ2) is 7.36. The minimum absolute atomic E-state index is 0.495. The summed E-state index contributed by atoms with van der Waals surface area (Å²) in [5, 5.41) is 16.6. The van der Waals surface area contributed by atoms with Crippen molar-refractivity contribution in [3.05, 3.63) is 47.6 Å². The highest BCUT2D eigenvalue weighted by atomic mass is 32.2. The summed E-state index contributed by atoms with van der Waals surface area (Å²) >= 11 is 1.50. The van der Waals surface area contributed by atoms with Crippen LogP contribution in [0.2, 0.25) is 0 Å². The molecule has 8 heteroatoms. The predicted octanol–water partition coefficient (Wildman–Crippen LogP) is 2.60. The van der Waals surface area contributed by atoms with Gasteiger partial charge in [-0.25, -0.2) is 4.68 Å². The summed E-state index contributed by atoms with van der Waals surface area (Å²) in [5.41, 5.74) is 1.15. The molecule has 7 nitrogen and oxygen atoms in total. The van der Waals surface area contributed by atoms with E-state index in [1.54, 1.807) is 4.68 Å². The monoisotopic (exact) mass is 330 g/mol. The summed E-state index contributed by atoms with van der Waals surface area (Å²) in [6, 6.07) is 10.1. The Balaban J connectivity index is 1.61. The van der Waals surface area contributed by atoms with Gasteiger partial charge in [0, 0.05) is 6.42 Å². The topological polar surface area (TPSA) is 82.5 Å². The number of hydrogen-bond acceptors (Lipinski definition) is 7. The molecule has 2 heterocycles. The molecule has 0 radical (unpaired) electrons. The lowest BCUT2D eigenvalue weighted by Crippen LogP contribution is -2.04. The highest BCUT2D eigenvalue weighted by molar-refractivity contribution is 7.98. The van der Waals surface area contributed by atoms with Crippen molar-refractivity contribution in [2.45, 2.75) is 37.7 Å². The fourth-order valence-corrected chi connectivity index (χ4v) is 2.79. The van der Waals surface area contributed by atoms with Crippen molar-refractivity contribution < 1.29 is 4.52 Å². The van der Waals surface area contributed by atoms with Crippen molar-refractivity contribution in [3.63, 3.8) is 0 Å². The van der Waals surface area contributed by atoms with Gasteiger partial charge in [-0.15, -0.1) is 5.10 Å². The molecule has 3 rings (SSSR count). The predicted molar refractivity (Wildman–Crippen MR) is 85.8 cm³/mol. The molecule has 3 aromatic rings. The molecular weight excluding hydrogens is 312 g/mol. The molecule has 0 atom stereocenters. The minimum Gasteiger partial charge on any atom is -0.339 e. The van der Waals surface area contributed by atoms with E-state index in [4.69, 9.17) is 4.52 Å². The standard InChI is InChI=1S/C15H18N6OS/c1-11(2)8-14-16-13(18-22-14)10-23-15-17-19-20-21(15)9-12-6-4-3-5-7-12/h3-7,11H,8-10H2,1-2H3. The second-order valence-corrected chi connectivity index (χ2v) is 6.54. The van der Waals surface area contributed by atoms with Gasteiger partial charge in [-0.2, -0.15) is 4.98 Å². The molecule has 0 bridgehead atoms. The highest BCUT2D eigenvalue weighted by Crippen LogP contribution is 2.19. The zero-order valence-corrected chi connectivity index (χ0v) is 13.9. The summed E-state index contributed by atoms with van der Waals surface area (Å²) in [5.74, 6) is 2.42. The summed E-state index contributed by atoms with van der Waals surface area (Å²) in [7, 11) is 0. The second-order valence-electron chi connectivity index (χ2n) is 5.60. The van der Waals surface area contributed by atoms with Gasteiger partial charge in [0.05, 0.1) is 12.3 Å². The van der Waals surface area contributed by atoms with Crippen LogP contribution in [0.1, 0.15) is 31.1 Å². The van der Waals surface area contributed by atoms with E-state index in [1.165, 1.54) is 11.8 Å². The molecule has 0 saturated carbocycles. The van der Waals surface area contributed by atoms with E-state index >= 15 is 0 Å². The summed E-state index contributed by atoms with van der Waals surface area (Å²) in [6.07, 6.45) is 0.795. The van der Waals surface area contributed by atoms with Crippen LogP contribution in [0, 0.1) is 5.92 Å². The number of thioether (sulfide) groups is 1. The zero-order chi connectivity index (χ0) is 16.1. The molecule has 23 heavy (non-hydrogen) atoms. The van der Waals surface area contributed by atoms with Crippen molar-refractivity contribution in [1.29, 1.82) is 0 Å². The van der Waals surface area contributed by atoms with Crippen LogP contribution in [0.15, 0.2) is 40.0 Å². The summed E-state index contributed by atoms with van der Waals surface area (Å²) in [4.78, 5) is 4.39. The van der Waals surface area contributed by atoms with E-state index in [9.17, 15) is 0 Å². The molecular formula is C15H18N6OS. The normalized spacial score (nSPS) is 11.3. The Kier molecular flexibility index (Phi) is 5.02. The highest BCUT2D eigenvalue weighted by Gasteiger charge is 2.12. The van der Waals surface area contributed by atoms with Crippen molar-refractivity contribution in [3.8, 4) is 0 Å². The number of nitrogens with zero attached hydrogens (tertiary/aromatic N) is 6. The molecule has 0 aliphatic rings. The van der Waals surface area contributed by atoms with Crippen molar-refractivity contribution in [1.82, 2.24) is 30.3 Å². The fourth-order valence-electron chi connectivity index (χ4n) is 2.07. The van der Waals surface area contributed by atoms with E-state index in [2.05, 4.69) is 39.5 Å². The van der Waals surface area contributed by atoms with Gasteiger partial charge < -0.3 is 4.52 Å². The van der Waals surface area contributed by atoms with E-state index in [0.29, 0.717) is 29.9 Å². The lowest BCUT2D eigenvalue weighted by atomic mass is 10.1. The van der Waals surface area contributed by atoms with Crippen LogP contribution in [-0.4, -0.2) is 30.3 Å². The first-order chi connectivity index (χ1) is 11.2. The number of rotatable bonds is 7. The van der Waals surface area contributed by atoms with Crippen LogP contribution in [0.4, 0.5) is 0 Å². The third-order valence-electron chi connectivity index (χ3n) is 3.10. The zero-order valence-electron chi connectivity index (χ0n) is 13.1. The first kappa shape index (κ1) is 15.7. The third kappa shape index (κ3) is 4.38. The van der Waals surface area contributed by atoms with Crippen LogP contribution in [0.25, 0.3) is 0 Å². The number of hydrogen-bond donors (Lipinski definition) is 0. The lowest BCUT2D eigenvalue weighted by molar-refractivity contribution is 0.360. The molecule has 0 aliphatic heterocycles. The maximum atomic E-state index is 5.24. The van der Waals surface area contributed by atoms with Crippen molar-refractivity contribution >= 4 is 11.8 Å². The summed E-state index contributed by atoms with van der Waals surface area (Å²) in [6.45, 7) is 4.88. The Morgan fingerprint density at radius 1 is 1.22 bits per heavy atom. The fraction of sp³-hybridized carbons (Fsp3) is 0.400. The third-order valence-corrected chi connectivity index (χ3v) is 4.05. The smallest absolute Gasteiger partial charge is 0.226 e. The van der Waals surface area contributed by atoms with Gasteiger partial charge in [0.2, 0.25) is 11.0 Å². The van der Waals surface area contributed by atoms with Crippen molar-refractivity contribution in [2.75, 3.05) is 0 Å². The van der Waals surface area contributed by atoms with Gasteiger partial charge in [-0.1, -0.05) is 61.1 Å². The first-order valence-electron chi connectivity index (χ1n) is 7.45. The van der Waals surface area contributed by atoms with Crippen LogP contribution in [0.3, 0.4) is 0 Å². The van der Waals surface area contributed by atoms with E-state index in [0.717, 1.165) is 17.1 Å². The Morgan fingerprint density at radius 2 is 2.04 bits per heavy atom. The first-order valence-corrected chi connectivity index (χ1v) is 8.43. The van der Waals surface area contributed by atoms with Gasteiger partial charge in [0.25, 0.3) is 0 Å². The Morgan fingerprint density at radius 3 is 2.83 bits per heavy atom. The molecule has 2 aromatic heterocycles. The molecule has 0 fully saturated rings. The Labute approximate surface area is 138 Å². The van der Waals surface area contributed by atoms with E-state index in [-0.39, 0.29) is 0 Å².